The lowest BCUT2D eigenvalue weighted by Gasteiger charge is -2.23. The van der Waals surface area contributed by atoms with Gasteiger partial charge in [-0.25, -0.2) is 19.2 Å². The van der Waals surface area contributed by atoms with Crippen molar-refractivity contribution < 1.29 is 14.0 Å². The van der Waals surface area contributed by atoms with Crippen LogP contribution in [0.2, 0.25) is 0 Å². The van der Waals surface area contributed by atoms with Crippen LogP contribution in [0.5, 0.6) is 0 Å². The molecule has 1 unspecified atom stereocenters. The first-order chi connectivity index (χ1) is 18.8. The molecule has 2 aliphatic rings. The van der Waals surface area contributed by atoms with Gasteiger partial charge in [0.05, 0.1) is 11.9 Å². The number of carbonyl (C=O) groups is 2. The maximum Gasteiger partial charge on any atom is 0.343 e. The molecular formula is C27H36FN9O2. The van der Waals surface area contributed by atoms with Crippen LogP contribution >= 0.6 is 0 Å². The predicted octanol–water partition coefficient (Wildman–Crippen LogP) is 5.91. The van der Waals surface area contributed by atoms with E-state index >= 15 is 0 Å². The van der Waals surface area contributed by atoms with Crippen LogP contribution in [0.15, 0.2) is 28.5 Å². The molecule has 1 saturated carbocycles. The van der Waals surface area contributed by atoms with Crippen LogP contribution in [-0.4, -0.2) is 52.2 Å². The molecule has 1 aliphatic heterocycles. The summed E-state index contributed by atoms with van der Waals surface area (Å²) in [6.45, 7) is 6.56. The van der Waals surface area contributed by atoms with E-state index in [9.17, 15) is 14.0 Å². The largest absolute Gasteiger partial charge is 0.343 e. The number of hydrogen-bond acceptors (Lipinski definition) is 8. The molecule has 11 nitrogen and oxygen atoms in total. The van der Waals surface area contributed by atoms with Crippen LogP contribution in [0.4, 0.5) is 32.3 Å². The smallest absolute Gasteiger partial charge is 0.340 e. The Morgan fingerprint density at radius 1 is 1.28 bits per heavy atom. The third-order valence-corrected chi connectivity index (χ3v) is 7.16. The lowest BCUT2D eigenvalue weighted by Crippen LogP contribution is -2.34. The summed E-state index contributed by atoms with van der Waals surface area (Å²) in [5.74, 6) is -0.0952. The summed E-state index contributed by atoms with van der Waals surface area (Å²) in [6.07, 6.45) is 6.48. The van der Waals surface area contributed by atoms with Gasteiger partial charge in [-0.2, -0.15) is 15.5 Å². The number of carbonyl (C=O) groups excluding carboxylic acids is 2. The molecule has 39 heavy (non-hydrogen) atoms. The number of urea groups is 1. The van der Waals surface area contributed by atoms with Crippen molar-refractivity contribution in [3.8, 4) is 0 Å². The number of amides is 3. The molecule has 3 amide bonds. The summed E-state index contributed by atoms with van der Waals surface area (Å²) in [5, 5.41) is 10.1. The van der Waals surface area contributed by atoms with Gasteiger partial charge < -0.3 is 15.5 Å². The topological polar surface area (TPSA) is 139 Å². The molecule has 1 saturated heterocycles. The second-order valence-electron chi connectivity index (χ2n) is 9.96. The Balaban J connectivity index is 1.63. The maximum atomic E-state index is 14.8. The molecule has 1 aliphatic carbocycles. The summed E-state index contributed by atoms with van der Waals surface area (Å²) in [6, 6.07) is 3.25. The van der Waals surface area contributed by atoms with Gasteiger partial charge in [0.1, 0.15) is 0 Å². The van der Waals surface area contributed by atoms with Crippen LogP contribution in [0.1, 0.15) is 75.8 Å². The highest BCUT2D eigenvalue weighted by Crippen LogP contribution is 2.46. The van der Waals surface area contributed by atoms with Crippen LogP contribution < -0.4 is 15.6 Å². The highest BCUT2D eigenvalue weighted by molar-refractivity contribution is 5.93. The summed E-state index contributed by atoms with van der Waals surface area (Å²) < 4.78 is 14.8. The van der Waals surface area contributed by atoms with E-state index in [1.165, 1.54) is 7.05 Å². The molecule has 1 aromatic carbocycles. The van der Waals surface area contributed by atoms with E-state index in [4.69, 9.17) is 5.53 Å². The normalized spacial score (nSPS) is 17.4. The highest BCUT2D eigenvalue weighted by Gasteiger charge is 2.31. The molecule has 0 spiro atoms. The molecule has 208 valence electrons. The number of rotatable bonds is 11. The number of halogens is 1. The van der Waals surface area contributed by atoms with Crippen LogP contribution in [-0.2, 0) is 4.79 Å². The standard InChI is InChI=1S/C27H36FN9O2/c1-5-7-18(13-19-10-11-24(38)36(19)6-2)32-25-21(28)15-31-26(34-25)33-22-14-23(37(35-29)27(39)30-4)20(12-16(22)3)17-8-9-17/h12,14-15,17,19,29H,5-11,13H2,1-4H3,(H,30,39)(H,31,33,34). The second-order valence-corrected chi connectivity index (χ2v) is 9.96. The molecule has 2 aromatic rings. The fraction of sp³-hybridized carbons (Fsp3) is 0.519. The Bertz CT molecular complexity index is 1280. The molecule has 3 N–H and O–H groups in total. The van der Waals surface area contributed by atoms with Crippen molar-refractivity contribution in [2.24, 2.45) is 10.2 Å². The lowest BCUT2D eigenvalue weighted by molar-refractivity contribution is -0.128. The predicted molar refractivity (Wildman–Crippen MR) is 148 cm³/mol. The Morgan fingerprint density at radius 2 is 2.05 bits per heavy atom. The van der Waals surface area contributed by atoms with Gasteiger partial charge in [0, 0.05) is 43.9 Å². The van der Waals surface area contributed by atoms with Gasteiger partial charge >= 0.3 is 6.03 Å². The molecule has 1 atom stereocenters. The van der Waals surface area contributed by atoms with Gasteiger partial charge in [-0.1, -0.05) is 24.6 Å². The first-order valence-corrected chi connectivity index (χ1v) is 13.5. The minimum atomic E-state index is -0.635. The zero-order valence-electron chi connectivity index (χ0n) is 22.9. The number of benzene rings is 1. The van der Waals surface area contributed by atoms with Gasteiger partial charge in [0.25, 0.3) is 0 Å². The van der Waals surface area contributed by atoms with E-state index in [0.29, 0.717) is 43.1 Å². The lowest BCUT2D eigenvalue weighted by atomic mass is 10.0. The molecule has 0 radical (unpaired) electrons. The number of aliphatic imine (C=N–C) groups is 1. The van der Waals surface area contributed by atoms with Crippen molar-refractivity contribution in [1.29, 1.82) is 5.53 Å². The maximum absolute atomic E-state index is 14.8. The summed E-state index contributed by atoms with van der Waals surface area (Å²) in [5.41, 5.74) is 11.3. The third-order valence-electron chi connectivity index (χ3n) is 7.16. The van der Waals surface area contributed by atoms with Crippen molar-refractivity contribution in [3.05, 3.63) is 35.3 Å². The van der Waals surface area contributed by atoms with E-state index in [0.717, 1.165) is 53.7 Å². The van der Waals surface area contributed by atoms with E-state index in [2.05, 4.69) is 30.8 Å². The SMILES string of the molecule is CCCC(CC1CCC(=O)N1CC)=Nc1nc(Nc2cc(N(N=N)C(=O)NC)c(C3CC3)cc2C)ncc1F. The van der Waals surface area contributed by atoms with Crippen molar-refractivity contribution in [1.82, 2.24) is 20.2 Å². The summed E-state index contributed by atoms with van der Waals surface area (Å²) in [4.78, 5) is 39.5. The Morgan fingerprint density at radius 3 is 2.69 bits per heavy atom. The molecule has 2 fully saturated rings. The van der Waals surface area contributed by atoms with Crippen molar-refractivity contribution in [3.63, 3.8) is 0 Å². The fourth-order valence-electron chi connectivity index (χ4n) is 5.04. The Kier molecular flexibility index (Phi) is 8.82. The van der Waals surface area contributed by atoms with Gasteiger partial charge in [0.2, 0.25) is 11.9 Å². The molecule has 4 rings (SSSR count). The summed E-state index contributed by atoms with van der Waals surface area (Å²) in [7, 11) is 1.48. The van der Waals surface area contributed by atoms with Crippen molar-refractivity contribution >= 4 is 40.8 Å². The van der Waals surface area contributed by atoms with Gasteiger partial charge in [-0.05, 0) is 62.6 Å². The average molecular weight is 538 g/mol. The molecule has 12 heteroatoms. The molecular weight excluding hydrogens is 501 g/mol. The van der Waals surface area contributed by atoms with E-state index in [-0.39, 0.29) is 23.7 Å². The monoisotopic (exact) mass is 537 g/mol. The molecule has 1 aromatic heterocycles. The van der Waals surface area contributed by atoms with Crippen molar-refractivity contribution in [2.75, 3.05) is 23.9 Å². The number of aryl methyl sites for hydroxylation is 1. The Hall–Kier alpha value is -3.96. The fourth-order valence-corrected chi connectivity index (χ4v) is 5.04. The van der Waals surface area contributed by atoms with Gasteiger partial charge in [-0.3, -0.25) is 4.79 Å². The highest BCUT2D eigenvalue weighted by atomic mass is 19.1. The summed E-state index contributed by atoms with van der Waals surface area (Å²) >= 11 is 0. The zero-order chi connectivity index (χ0) is 28.1. The van der Waals surface area contributed by atoms with Gasteiger partial charge in [0.15, 0.2) is 11.6 Å². The van der Waals surface area contributed by atoms with Crippen LogP contribution in [0, 0.1) is 18.3 Å². The van der Waals surface area contributed by atoms with Gasteiger partial charge in [-0.15, -0.1) is 0 Å². The van der Waals surface area contributed by atoms with E-state index in [1.807, 2.05) is 31.7 Å². The number of aromatic nitrogens is 2. The number of likely N-dealkylation sites (tertiary alicyclic amines) is 1. The van der Waals surface area contributed by atoms with Crippen LogP contribution in [0.25, 0.3) is 0 Å². The second kappa shape index (κ2) is 12.3. The first-order valence-electron chi connectivity index (χ1n) is 13.5. The average Bonchev–Trinajstić information content (AvgIpc) is 3.71. The quantitative estimate of drug-likeness (QED) is 0.186. The minimum absolute atomic E-state index is 0.0621. The third kappa shape index (κ3) is 6.37. The number of nitrogens with one attached hydrogen (secondary N) is 3. The minimum Gasteiger partial charge on any atom is -0.340 e. The number of anilines is 3. The zero-order valence-corrected chi connectivity index (χ0v) is 22.9. The van der Waals surface area contributed by atoms with E-state index < -0.39 is 11.8 Å². The molecule has 2 heterocycles. The van der Waals surface area contributed by atoms with Crippen molar-refractivity contribution in [2.45, 2.75) is 77.7 Å². The van der Waals surface area contributed by atoms with E-state index in [1.54, 1.807) is 6.07 Å². The van der Waals surface area contributed by atoms with Crippen LogP contribution in [0.3, 0.4) is 0 Å². The molecule has 0 bridgehead atoms. The Labute approximate surface area is 227 Å². The number of nitrogens with zero attached hydrogens (tertiary/aromatic N) is 6. The number of hydrogen-bond donors (Lipinski definition) is 3. The first kappa shape index (κ1) is 28.1.